The van der Waals surface area contributed by atoms with E-state index in [1.807, 2.05) is 0 Å². The van der Waals surface area contributed by atoms with Crippen molar-refractivity contribution in [3.05, 3.63) is 23.3 Å². The first-order chi connectivity index (χ1) is 9.16. The number of likely N-dealkylation sites (N-methyl/N-ethyl adjacent to an activating group) is 1. The van der Waals surface area contributed by atoms with Crippen LogP contribution in [0.2, 0.25) is 0 Å². The Balaban J connectivity index is 1.98. The van der Waals surface area contributed by atoms with Crippen molar-refractivity contribution in [3.8, 4) is 11.5 Å². The van der Waals surface area contributed by atoms with Crippen molar-refractivity contribution in [2.75, 3.05) is 27.4 Å². The number of benzene rings is 1. The highest BCUT2D eigenvalue weighted by Crippen LogP contribution is 2.39. The molecule has 0 aromatic heterocycles. The largest absolute Gasteiger partial charge is 0.454 e. The summed E-state index contributed by atoms with van der Waals surface area (Å²) in [5, 5.41) is 3.62. The highest BCUT2D eigenvalue weighted by Gasteiger charge is 2.30. The van der Waals surface area contributed by atoms with Crippen LogP contribution in [0.3, 0.4) is 0 Å². The van der Waals surface area contributed by atoms with Gasteiger partial charge in [-0.15, -0.1) is 0 Å². The van der Waals surface area contributed by atoms with Crippen LogP contribution in [-0.4, -0.2) is 38.4 Å². The molecule has 1 saturated heterocycles. The highest BCUT2D eigenvalue weighted by molar-refractivity contribution is 5.49. The van der Waals surface area contributed by atoms with Crippen LogP contribution in [0, 0.1) is 6.92 Å². The zero-order valence-corrected chi connectivity index (χ0v) is 11.9. The summed E-state index contributed by atoms with van der Waals surface area (Å²) in [6.07, 6.45) is 2.50. The molecule has 2 atom stereocenters. The Morgan fingerprint density at radius 2 is 2.00 bits per heavy atom. The lowest BCUT2D eigenvalue weighted by atomic mass is 9.93. The van der Waals surface area contributed by atoms with E-state index in [-0.39, 0.29) is 0 Å². The van der Waals surface area contributed by atoms with Gasteiger partial charge >= 0.3 is 0 Å². The van der Waals surface area contributed by atoms with Gasteiger partial charge < -0.3 is 19.7 Å². The third-order valence-corrected chi connectivity index (χ3v) is 4.12. The summed E-state index contributed by atoms with van der Waals surface area (Å²) < 4.78 is 11.0. The zero-order valence-electron chi connectivity index (χ0n) is 11.9. The lowest BCUT2D eigenvalue weighted by Gasteiger charge is -2.31. The number of nitrogens with zero attached hydrogens (tertiary/aromatic N) is 1. The molecule has 2 aliphatic rings. The van der Waals surface area contributed by atoms with Crippen molar-refractivity contribution in [2.45, 2.75) is 31.8 Å². The number of fused-ring (bicyclic) bond motifs is 1. The normalized spacial score (nSPS) is 23.1. The van der Waals surface area contributed by atoms with Crippen LogP contribution in [-0.2, 0) is 0 Å². The molecule has 1 aromatic carbocycles. The number of ether oxygens (including phenoxy) is 2. The first-order valence-corrected chi connectivity index (χ1v) is 6.97. The molecule has 0 spiro atoms. The Morgan fingerprint density at radius 1 is 1.26 bits per heavy atom. The molecule has 0 aliphatic carbocycles. The summed E-state index contributed by atoms with van der Waals surface area (Å²) in [5.41, 5.74) is 2.62. The van der Waals surface area contributed by atoms with E-state index in [0.29, 0.717) is 18.9 Å². The minimum atomic E-state index is 0.340. The Hall–Kier alpha value is -1.26. The molecule has 0 bridgehead atoms. The van der Waals surface area contributed by atoms with Crippen LogP contribution in [0.5, 0.6) is 11.5 Å². The van der Waals surface area contributed by atoms with Crippen molar-refractivity contribution >= 4 is 0 Å². The molecule has 2 unspecified atom stereocenters. The number of hydrogen-bond donors (Lipinski definition) is 1. The third kappa shape index (κ3) is 2.30. The summed E-state index contributed by atoms with van der Waals surface area (Å²) >= 11 is 0. The SMILES string of the molecule is Cc1cc2c(cc1C(C1CCCN1)N(C)C)OCO2. The van der Waals surface area contributed by atoms with Crippen LogP contribution in [0.25, 0.3) is 0 Å². The zero-order chi connectivity index (χ0) is 13.4. The van der Waals surface area contributed by atoms with E-state index in [0.717, 1.165) is 18.0 Å². The molecule has 2 aliphatic heterocycles. The number of aryl methyl sites for hydroxylation is 1. The van der Waals surface area contributed by atoms with Crippen LogP contribution >= 0.6 is 0 Å². The fourth-order valence-corrected chi connectivity index (χ4v) is 3.21. The van der Waals surface area contributed by atoms with Gasteiger partial charge in [0.15, 0.2) is 11.5 Å². The maximum Gasteiger partial charge on any atom is 0.231 e. The summed E-state index contributed by atoms with van der Waals surface area (Å²) in [6.45, 7) is 3.62. The van der Waals surface area contributed by atoms with Gasteiger partial charge in [-0.3, -0.25) is 0 Å². The van der Waals surface area contributed by atoms with E-state index in [1.165, 1.54) is 24.0 Å². The lowest BCUT2D eigenvalue weighted by Crippen LogP contribution is -2.37. The maximum atomic E-state index is 5.53. The van der Waals surface area contributed by atoms with Gasteiger partial charge in [-0.1, -0.05) is 0 Å². The van der Waals surface area contributed by atoms with Crippen LogP contribution in [0.4, 0.5) is 0 Å². The second-order valence-corrected chi connectivity index (χ2v) is 5.67. The van der Waals surface area contributed by atoms with Crippen LogP contribution in [0.1, 0.15) is 30.0 Å². The second kappa shape index (κ2) is 5.02. The van der Waals surface area contributed by atoms with Gasteiger partial charge in [0.1, 0.15) is 0 Å². The lowest BCUT2D eigenvalue weighted by molar-refractivity contribution is 0.173. The van der Waals surface area contributed by atoms with Gasteiger partial charge in [-0.2, -0.15) is 0 Å². The minimum absolute atomic E-state index is 0.340. The van der Waals surface area contributed by atoms with Crippen molar-refractivity contribution in [2.24, 2.45) is 0 Å². The smallest absolute Gasteiger partial charge is 0.231 e. The van der Waals surface area contributed by atoms with E-state index in [9.17, 15) is 0 Å². The van der Waals surface area contributed by atoms with Gasteiger partial charge in [-0.05, 0) is 63.7 Å². The third-order valence-electron chi connectivity index (χ3n) is 4.12. The fraction of sp³-hybridized carbons (Fsp3) is 0.600. The number of rotatable bonds is 3. The van der Waals surface area contributed by atoms with Gasteiger partial charge in [-0.25, -0.2) is 0 Å². The molecule has 19 heavy (non-hydrogen) atoms. The molecule has 104 valence electrons. The molecule has 1 N–H and O–H groups in total. The van der Waals surface area contributed by atoms with E-state index in [2.05, 4.69) is 43.4 Å². The first kappa shape index (κ1) is 12.8. The minimum Gasteiger partial charge on any atom is -0.454 e. The average Bonchev–Trinajstić information content (AvgIpc) is 3.00. The highest BCUT2D eigenvalue weighted by atomic mass is 16.7. The van der Waals surface area contributed by atoms with Crippen LogP contribution in [0.15, 0.2) is 12.1 Å². The standard InChI is InChI=1S/C15H22N2O2/c1-10-7-13-14(19-9-18-13)8-11(10)15(17(2)3)12-5-4-6-16-12/h7-8,12,15-16H,4-6,9H2,1-3H3. The van der Waals surface area contributed by atoms with Gasteiger partial charge in [0.05, 0.1) is 0 Å². The Morgan fingerprint density at radius 3 is 2.63 bits per heavy atom. The predicted octanol–water partition coefficient (Wildman–Crippen LogP) is 2.08. The summed E-state index contributed by atoms with van der Waals surface area (Å²) in [6, 6.07) is 5.16. The number of hydrogen-bond acceptors (Lipinski definition) is 4. The molecule has 0 saturated carbocycles. The second-order valence-electron chi connectivity index (χ2n) is 5.67. The van der Waals surface area contributed by atoms with E-state index in [4.69, 9.17) is 9.47 Å². The molecular formula is C15H22N2O2. The Kier molecular flexibility index (Phi) is 3.37. The van der Waals surface area contributed by atoms with Crippen molar-refractivity contribution in [1.82, 2.24) is 10.2 Å². The topological polar surface area (TPSA) is 33.7 Å². The summed E-state index contributed by atoms with van der Waals surface area (Å²) in [7, 11) is 4.30. The van der Waals surface area contributed by atoms with Crippen LogP contribution < -0.4 is 14.8 Å². The molecule has 1 fully saturated rings. The molecule has 4 heteroatoms. The van der Waals surface area contributed by atoms with Gasteiger partial charge in [0, 0.05) is 12.1 Å². The van der Waals surface area contributed by atoms with E-state index in [1.54, 1.807) is 0 Å². The van der Waals surface area contributed by atoms with E-state index >= 15 is 0 Å². The predicted molar refractivity (Wildman–Crippen MR) is 74.8 cm³/mol. The van der Waals surface area contributed by atoms with Crippen molar-refractivity contribution < 1.29 is 9.47 Å². The Labute approximate surface area is 114 Å². The molecule has 0 amide bonds. The monoisotopic (exact) mass is 262 g/mol. The Bertz CT molecular complexity index is 467. The molecule has 3 rings (SSSR count). The van der Waals surface area contributed by atoms with Crippen molar-refractivity contribution in [3.63, 3.8) is 0 Å². The quantitative estimate of drug-likeness (QED) is 0.904. The van der Waals surface area contributed by atoms with Gasteiger partial charge in [0.25, 0.3) is 0 Å². The maximum absolute atomic E-state index is 5.53. The summed E-state index contributed by atoms with van der Waals surface area (Å²) in [4.78, 5) is 2.30. The molecule has 1 aromatic rings. The number of nitrogens with one attached hydrogen (secondary N) is 1. The van der Waals surface area contributed by atoms with E-state index < -0.39 is 0 Å². The average molecular weight is 262 g/mol. The molecular weight excluding hydrogens is 240 g/mol. The molecule has 2 heterocycles. The first-order valence-electron chi connectivity index (χ1n) is 6.97. The van der Waals surface area contributed by atoms with Gasteiger partial charge in [0.2, 0.25) is 6.79 Å². The van der Waals surface area contributed by atoms with Crippen molar-refractivity contribution in [1.29, 1.82) is 0 Å². The fourth-order valence-electron chi connectivity index (χ4n) is 3.21. The molecule has 4 nitrogen and oxygen atoms in total. The molecule has 0 radical (unpaired) electrons. The summed E-state index contributed by atoms with van der Waals surface area (Å²) in [5.74, 6) is 1.75.